The van der Waals surface area contributed by atoms with E-state index in [1.165, 1.54) is 24.3 Å². The van der Waals surface area contributed by atoms with E-state index in [1.54, 1.807) is 0 Å². The minimum atomic E-state index is -5.07. The quantitative estimate of drug-likeness (QED) is 0.457. The molecule has 9 nitrogen and oxygen atoms in total. The zero-order valence-corrected chi connectivity index (χ0v) is 17.5. The van der Waals surface area contributed by atoms with Crippen molar-refractivity contribution in [3.05, 3.63) is 71.3 Å². The van der Waals surface area contributed by atoms with Gasteiger partial charge in [-0.3, -0.25) is 4.55 Å². The molecular formula is C18H15ClF3N3O6S. The summed E-state index contributed by atoms with van der Waals surface area (Å²) in [4.78, 5) is 3.63. The Morgan fingerprint density at radius 3 is 2.28 bits per heavy atom. The molecular weight excluding hydrogens is 479 g/mol. The first-order valence-corrected chi connectivity index (χ1v) is 10.4. The Morgan fingerprint density at radius 1 is 1.06 bits per heavy atom. The van der Waals surface area contributed by atoms with Crippen molar-refractivity contribution in [2.75, 3.05) is 6.61 Å². The number of benzene rings is 2. The number of halogens is 4. The van der Waals surface area contributed by atoms with E-state index in [-0.39, 0.29) is 11.5 Å². The van der Waals surface area contributed by atoms with Crippen molar-refractivity contribution < 1.29 is 40.2 Å². The van der Waals surface area contributed by atoms with Gasteiger partial charge in [0.25, 0.3) is 0 Å². The lowest BCUT2D eigenvalue weighted by Crippen LogP contribution is -2.39. The number of hydrogen-bond acceptors (Lipinski definition) is 7. The van der Waals surface area contributed by atoms with Gasteiger partial charge in [-0.2, -0.15) is 26.7 Å². The van der Waals surface area contributed by atoms with Gasteiger partial charge in [0.2, 0.25) is 0 Å². The molecule has 2 aromatic carbocycles. The first kappa shape index (κ1) is 23.9. The smallest absolute Gasteiger partial charge is 0.416 e. The predicted octanol–water partition coefficient (Wildman–Crippen LogP) is 3.45. The minimum absolute atomic E-state index is 0.206. The summed E-state index contributed by atoms with van der Waals surface area (Å²) in [5.74, 6) is 0.00469. The third-order valence-electron chi connectivity index (χ3n) is 4.18. The highest BCUT2D eigenvalue weighted by Crippen LogP contribution is 2.40. The van der Waals surface area contributed by atoms with Crippen LogP contribution in [-0.4, -0.2) is 39.4 Å². The summed E-state index contributed by atoms with van der Waals surface area (Å²) >= 11 is 5.77. The van der Waals surface area contributed by atoms with Crippen LogP contribution in [0.15, 0.2) is 55.1 Å². The Labute approximate surface area is 184 Å². The van der Waals surface area contributed by atoms with Crippen molar-refractivity contribution >= 4 is 22.0 Å². The Hall–Kier alpha value is -2.71. The van der Waals surface area contributed by atoms with Crippen LogP contribution in [-0.2, 0) is 32.9 Å². The van der Waals surface area contributed by atoms with Crippen LogP contribution in [0.5, 0.6) is 11.5 Å². The van der Waals surface area contributed by atoms with E-state index in [2.05, 4.69) is 14.3 Å². The van der Waals surface area contributed by atoms with Crippen LogP contribution in [0, 0.1) is 0 Å². The van der Waals surface area contributed by atoms with Gasteiger partial charge in [-0.15, -0.1) is 0 Å². The predicted molar refractivity (Wildman–Crippen MR) is 104 cm³/mol. The van der Waals surface area contributed by atoms with E-state index < -0.39 is 46.5 Å². The molecule has 0 aliphatic rings. The van der Waals surface area contributed by atoms with Crippen LogP contribution in [0.25, 0.3) is 0 Å². The molecule has 0 fully saturated rings. The average molecular weight is 494 g/mol. The van der Waals surface area contributed by atoms with Gasteiger partial charge in [0.1, 0.15) is 36.4 Å². The second-order valence-electron chi connectivity index (χ2n) is 6.58. The van der Waals surface area contributed by atoms with Crippen molar-refractivity contribution in [3.8, 4) is 11.5 Å². The van der Waals surface area contributed by atoms with Crippen LogP contribution in [0.4, 0.5) is 13.2 Å². The SMILES string of the molecule is O=S(=O)(O)OCC(O)(Cn1cncn1)c1ccc(Oc2ccc(Cl)cc2)cc1C(F)(F)F. The molecule has 0 aliphatic heterocycles. The van der Waals surface area contributed by atoms with Crippen LogP contribution >= 0.6 is 11.6 Å². The highest BCUT2D eigenvalue weighted by Gasteiger charge is 2.43. The lowest BCUT2D eigenvalue weighted by Gasteiger charge is -2.30. The van der Waals surface area contributed by atoms with Gasteiger partial charge < -0.3 is 9.84 Å². The second-order valence-corrected chi connectivity index (χ2v) is 8.10. The highest BCUT2D eigenvalue weighted by molar-refractivity contribution is 7.80. The number of hydrogen-bond donors (Lipinski definition) is 2. The lowest BCUT2D eigenvalue weighted by molar-refractivity contribution is -0.142. The summed E-state index contributed by atoms with van der Waals surface area (Å²) in [5.41, 5.74) is -4.62. The molecule has 0 aliphatic carbocycles. The third-order valence-corrected chi connectivity index (χ3v) is 4.85. The topological polar surface area (TPSA) is 124 Å². The van der Waals surface area contributed by atoms with E-state index >= 15 is 0 Å². The fraction of sp³-hybridized carbons (Fsp3) is 0.222. The van der Waals surface area contributed by atoms with Crippen molar-refractivity contribution in [1.82, 2.24) is 14.8 Å². The van der Waals surface area contributed by atoms with Gasteiger partial charge >= 0.3 is 16.6 Å². The molecule has 1 aromatic heterocycles. The molecule has 32 heavy (non-hydrogen) atoms. The van der Waals surface area contributed by atoms with Crippen molar-refractivity contribution in [1.29, 1.82) is 0 Å². The van der Waals surface area contributed by atoms with Crippen molar-refractivity contribution in [2.45, 2.75) is 18.3 Å². The van der Waals surface area contributed by atoms with Gasteiger partial charge in [-0.1, -0.05) is 17.7 Å². The third kappa shape index (κ3) is 6.17. The summed E-state index contributed by atoms with van der Waals surface area (Å²) < 4.78 is 83.1. The fourth-order valence-corrected chi connectivity index (χ4v) is 3.30. The van der Waals surface area contributed by atoms with Gasteiger partial charge in [0, 0.05) is 10.6 Å². The zero-order chi connectivity index (χ0) is 23.6. The van der Waals surface area contributed by atoms with Gasteiger partial charge in [-0.05, 0) is 36.4 Å². The largest absolute Gasteiger partial charge is 0.457 e. The summed E-state index contributed by atoms with van der Waals surface area (Å²) in [6.45, 7) is -1.89. The van der Waals surface area contributed by atoms with E-state index in [0.717, 1.165) is 29.5 Å². The maximum Gasteiger partial charge on any atom is 0.416 e. The Balaban J connectivity index is 2.04. The number of alkyl halides is 3. The second kappa shape index (κ2) is 9.03. The average Bonchev–Trinajstić information content (AvgIpc) is 3.20. The Morgan fingerprint density at radius 2 is 1.72 bits per heavy atom. The van der Waals surface area contributed by atoms with Gasteiger partial charge in [0.15, 0.2) is 0 Å². The molecule has 172 valence electrons. The molecule has 0 amide bonds. The maximum absolute atomic E-state index is 13.9. The molecule has 2 N–H and O–H groups in total. The van der Waals surface area contributed by atoms with E-state index in [4.69, 9.17) is 20.9 Å². The van der Waals surface area contributed by atoms with E-state index in [0.29, 0.717) is 11.1 Å². The van der Waals surface area contributed by atoms with Gasteiger partial charge in [-0.25, -0.2) is 13.8 Å². The highest BCUT2D eigenvalue weighted by atomic mass is 35.5. The van der Waals surface area contributed by atoms with Gasteiger partial charge in [0.05, 0.1) is 12.1 Å². The zero-order valence-electron chi connectivity index (χ0n) is 15.9. The number of aliphatic hydroxyl groups is 1. The number of nitrogens with zero attached hydrogens (tertiary/aromatic N) is 3. The first-order chi connectivity index (χ1) is 14.9. The fourth-order valence-electron chi connectivity index (χ4n) is 2.83. The first-order valence-electron chi connectivity index (χ1n) is 8.67. The summed E-state index contributed by atoms with van der Waals surface area (Å²) in [6, 6.07) is 8.58. The van der Waals surface area contributed by atoms with E-state index in [9.17, 15) is 26.7 Å². The lowest BCUT2D eigenvalue weighted by atomic mass is 9.89. The monoisotopic (exact) mass is 493 g/mol. The number of aromatic nitrogens is 3. The molecule has 3 rings (SSSR count). The standard InChI is InChI=1S/C18H15ClF3N3O6S/c19-12-1-3-13(4-2-12)31-14-5-6-15(16(7-14)18(20,21)22)17(26,9-30-32(27,28)29)8-25-11-23-10-24-25/h1-7,10-11,26H,8-9H2,(H,27,28,29). The summed E-state index contributed by atoms with van der Waals surface area (Å²) in [6.07, 6.45) is -2.80. The van der Waals surface area contributed by atoms with Crippen LogP contribution in [0.2, 0.25) is 5.02 Å². The molecule has 14 heteroatoms. The molecule has 1 heterocycles. The minimum Gasteiger partial charge on any atom is -0.457 e. The molecule has 0 saturated carbocycles. The number of ether oxygens (including phenoxy) is 1. The normalized spacial score (nSPS) is 14.2. The molecule has 0 radical (unpaired) electrons. The Kier molecular flexibility index (Phi) is 6.76. The van der Waals surface area contributed by atoms with Crippen molar-refractivity contribution in [2.24, 2.45) is 0 Å². The molecule has 0 bridgehead atoms. The molecule has 3 aromatic rings. The molecule has 0 spiro atoms. The van der Waals surface area contributed by atoms with E-state index in [1.807, 2.05) is 0 Å². The van der Waals surface area contributed by atoms with Crippen LogP contribution < -0.4 is 4.74 Å². The molecule has 1 atom stereocenters. The summed E-state index contributed by atoms with van der Waals surface area (Å²) in [5, 5.41) is 15.1. The molecule has 1 unspecified atom stereocenters. The number of rotatable bonds is 8. The van der Waals surface area contributed by atoms with Crippen LogP contribution in [0.1, 0.15) is 11.1 Å². The Bertz CT molecular complexity index is 1170. The maximum atomic E-state index is 13.9. The van der Waals surface area contributed by atoms with Crippen molar-refractivity contribution in [3.63, 3.8) is 0 Å². The summed E-state index contributed by atoms with van der Waals surface area (Å²) in [7, 11) is -5.07. The van der Waals surface area contributed by atoms with Crippen LogP contribution in [0.3, 0.4) is 0 Å². The molecule has 0 saturated heterocycles.